The van der Waals surface area contributed by atoms with Gasteiger partial charge >= 0.3 is 17.9 Å². The van der Waals surface area contributed by atoms with Crippen molar-refractivity contribution in [2.24, 2.45) is 5.41 Å². The van der Waals surface area contributed by atoms with Crippen molar-refractivity contribution < 1.29 is 29.3 Å². The normalized spacial score (nSPS) is 29.5. The predicted octanol–water partition coefficient (Wildman–Crippen LogP) is 1.37. The lowest BCUT2D eigenvalue weighted by molar-refractivity contribution is -0.199. The van der Waals surface area contributed by atoms with E-state index in [2.05, 4.69) is 6.58 Å². The standard InChI is InChI=1S/C13H16O6/c1-3-9(14)19-13(11(17)18)8-6-5-7-12(13,4-2)10(15)16/h3,5,7H,1,4,6,8H2,2H3,(H,15,16)(H,17,18). The lowest BCUT2D eigenvalue weighted by atomic mass is 9.64. The second-order valence-electron chi connectivity index (χ2n) is 4.33. The molecule has 1 aliphatic carbocycles. The molecular formula is C13H16O6. The number of aliphatic carboxylic acids is 2. The second kappa shape index (κ2) is 5.26. The van der Waals surface area contributed by atoms with Gasteiger partial charge < -0.3 is 14.9 Å². The highest BCUT2D eigenvalue weighted by Gasteiger charge is 2.63. The smallest absolute Gasteiger partial charge is 0.349 e. The highest BCUT2D eigenvalue weighted by Crippen LogP contribution is 2.46. The highest BCUT2D eigenvalue weighted by atomic mass is 16.6. The van der Waals surface area contributed by atoms with Crippen molar-refractivity contribution in [2.75, 3.05) is 0 Å². The van der Waals surface area contributed by atoms with Gasteiger partial charge in [0.15, 0.2) is 0 Å². The lowest BCUT2D eigenvalue weighted by Gasteiger charge is -2.43. The fourth-order valence-electron chi connectivity index (χ4n) is 2.42. The van der Waals surface area contributed by atoms with Crippen molar-refractivity contribution in [3.05, 3.63) is 24.8 Å². The number of carboxylic acid groups (broad SMARTS) is 2. The summed E-state index contributed by atoms with van der Waals surface area (Å²) in [4.78, 5) is 34.6. The molecule has 2 unspecified atom stereocenters. The fourth-order valence-corrected chi connectivity index (χ4v) is 2.42. The number of hydrogen-bond donors (Lipinski definition) is 2. The molecule has 0 aromatic rings. The van der Waals surface area contributed by atoms with Crippen LogP contribution >= 0.6 is 0 Å². The molecule has 0 aromatic carbocycles. The summed E-state index contributed by atoms with van der Waals surface area (Å²) >= 11 is 0. The van der Waals surface area contributed by atoms with Crippen molar-refractivity contribution in [1.82, 2.24) is 0 Å². The van der Waals surface area contributed by atoms with Gasteiger partial charge in [-0.05, 0) is 12.8 Å². The van der Waals surface area contributed by atoms with Crippen molar-refractivity contribution >= 4 is 17.9 Å². The van der Waals surface area contributed by atoms with Gasteiger partial charge in [0, 0.05) is 12.5 Å². The number of esters is 1. The molecule has 0 bridgehead atoms. The van der Waals surface area contributed by atoms with Gasteiger partial charge in [-0.2, -0.15) is 0 Å². The molecule has 1 aliphatic rings. The molecule has 2 atom stereocenters. The molecule has 0 heterocycles. The zero-order valence-corrected chi connectivity index (χ0v) is 10.6. The Labute approximate surface area is 110 Å². The zero-order valence-electron chi connectivity index (χ0n) is 10.6. The van der Waals surface area contributed by atoms with Crippen LogP contribution in [0.4, 0.5) is 0 Å². The Hall–Kier alpha value is -2.11. The van der Waals surface area contributed by atoms with Crippen LogP contribution < -0.4 is 0 Å². The number of carbonyl (C=O) groups excluding carboxylic acids is 1. The maximum atomic E-state index is 11.6. The van der Waals surface area contributed by atoms with E-state index in [4.69, 9.17) is 4.74 Å². The minimum Gasteiger partial charge on any atom is -0.480 e. The molecule has 6 heteroatoms. The lowest BCUT2D eigenvalue weighted by Crippen LogP contribution is -2.60. The molecule has 0 radical (unpaired) electrons. The third-order valence-electron chi connectivity index (χ3n) is 3.51. The Morgan fingerprint density at radius 2 is 2.00 bits per heavy atom. The highest BCUT2D eigenvalue weighted by molar-refractivity contribution is 5.94. The van der Waals surface area contributed by atoms with Crippen LogP contribution in [-0.2, 0) is 19.1 Å². The first-order chi connectivity index (χ1) is 8.86. The summed E-state index contributed by atoms with van der Waals surface area (Å²) in [6.45, 7) is 4.75. The molecule has 0 fully saturated rings. The predicted molar refractivity (Wildman–Crippen MR) is 65.4 cm³/mol. The average molecular weight is 268 g/mol. The number of ether oxygens (including phenoxy) is 1. The van der Waals surface area contributed by atoms with Crippen LogP contribution in [-0.4, -0.2) is 33.7 Å². The quantitative estimate of drug-likeness (QED) is 0.443. The molecule has 0 saturated heterocycles. The number of rotatable bonds is 5. The summed E-state index contributed by atoms with van der Waals surface area (Å²) in [5.74, 6) is -3.74. The van der Waals surface area contributed by atoms with Crippen LogP contribution in [0.15, 0.2) is 24.8 Å². The largest absolute Gasteiger partial charge is 0.480 e. The Kier molecular flexibility index (Phi) is 4.14. The van der Waals surface area contributed by atoms with E-state index in [0.29, 0.717) is 6.42 Å². The summed E-state index contributed by atoms with van der Waals surface area (Å²) in [6, 6.07) is 0. The Morgan fingerprint density at radius 1 is 1.37 bits per heavy atom. The second-order valence-corrected chi connectivity index (χ2v) is 4.33. The number of allylic oxidation sites excluding steroid dienone is 1. The molecule has 0 spiro atoms. The van der Waals surface area contributed by atoms with E-state index in [1.165, 1.54) is 6.08 Å². The molecule has 0 aromatic heterocycles. The molecule has 6 nitrogen and oxygen atoms in total. The average Bonchev–Trinajstić information content (AvgIpc) is 2.38. The maximum absolute atomic E-state index is 11.6. The number of carboxylic acids is 2. The van der Waals surface area contributed by atoms with Gasteiger partial charge in [-0.25, -0.2) is 9.59 Å². The van der Waals surface area contributed by atoms with Gasteiger partial charge in [0.05, 0.1) is 0 Å². The van der Waals surface area contributed by atoms with E-state index in [-0.39, 0.29) is 12.8 Å². The van der Waals surface area contributed by atoms with Crippen molar-refractivity contribution in [1.29, 1.82) is 0 Å². The van der Waals surface area contributed by atoms with E-state index >= 15 is 0 Å². The van der Waals surface area contributed by atoms with Crippen molar-refractivity contribution in [3.8, 4) is 0 Å². The van der Waals surface area contributed by atoms with Gasteiger partial charge in [0.1, 0.15) is 5.41 Å². The molecule has 0 aliphatic heterocycles. The van der Waals surface area contributed by atoms with Gasteiger partial charge in [-0.1, -0.05) is 25.7 Å². The van der Waals surface area contributed by atoms with Crippen LogP contribution in [0.25, 0.3) is 0 Å². The topological polar surface area (TPSA) is 101 Å². The summed E-state index contributed by atoms with van der Waals surface area (Å²) in [5, 5.41) is 18.9. The molecule has 1 rings (SSSR count). The van der Waals surface area contributed by atoms with E-state index in [1.807, 2.05) is 0 Å². The Bertz CT molecular complexity index is 452. The molecule has 0 amide bonds. The van der Waals surface area contributed by atoms with Gasteiger partial charge in [-0.3, -0.25) is 4.79 Å². The molecule has 19 heavy (non-hydrogen) atoms. The summed E-state index contributed by atoms with van der Waals surface area (Å²) < 4.78 is 4.97. The minimum absolute atomic E-state index is 0.00441. The van der Waals surface area contributed by atoms with Crippen LogP contribution in [0.1, 0.15) is 26.2 Å². The number of hydrogen-bond acceptors (Lipinski definition) is 4. The molecule has 2 N–H and O–H groups in total. The SMILES string of the molecule is C=CC(=O)OC1(C(=O)O)CCC=CC1(CC)C(=O)O. The van der Waals surface area contributed by atoms with Gasteiger partial charge in [0.25, 0.3) is 0 Å². The fraction of sp³-hybridized carbons (Fsp3) is 0.462. The minimum atomic E-state index is -2.10. The van der Waals surface area contributed by atoms with E-state index in [9.17, 15) is 24.6 Å². The van der Waals surface area contributed by atoms with Crippen LogP contribution in [0, 0.1) is 5.41 Å². The van der Waals surface area contributed by atoms with Crippen molar-refractivity contribution in [2.45, 2.75) is 31.8 Å². The first kappa shape index (κ1) is 14.9. The molecule has 0 saturated carbocycles. The van der Waals surface area contributed by atoms with E-state index in [1.54, 1.807) is 13.0 Å². The summed E-state index contributed by atoms with van der Waals surface area (Å²) in [5.41, 5.74) is -3.87. The summed E-state index contributed by atoms with van der Waals surface area (Å²) in [6.07, 6.45) is 3.97. The first-order valence-corrected chi connectivity index (χ1v) is 5.86. The number of carbonyl (C=O) groups is 3. The third kappa shape index (κ3) is 2.14. The van der Waals surface area contributed by atoms with E-state index < -0.39 is 28.9 Å². The van der Waals surface area contributed by atoms with Crippen LogP contribution in [0.2, 0.25) is 0 Å². The molecular weight excluding hydrogens is 252 g/mol. The Balaban J connectivity index is 3.45. The van der Waals surface area contributed by atoms with Gasteiger partial charge in [-0.15, -0.1) is 0 Å². The molecule has 104 valence electrons. The summed E-state index contributed by atoms with van der Waals surface area (Å²) in [7, 11) is 0. The zero-order chi connectivity index (χ0) is 14.7. The van der Waals surface area contributed by atoms with Crippen molar-refractivity contribution in [3.63, 3.8) is 0 Å². The maximum Gasteiger partial charge on any atom is 0.349 e. The first-order valence-electron chi connectivity index (χ1n) is 5.86. The van der Waals surface area contributed by atoms with Gasteiger partial charge in [0.2, 0.25) is 5.60 Å². The Morgan fingerprint density at radius 3 is 2.42 bits per heavy atom. The monoisotopic (exact) mass is 268 g/mol. The van der Waals surface area contributed by atoms with Crippen LogP contribution in [0.5, 0.6) is 0 Å². The van der Waals surface area contributed by atoms with E-state index in [0.717, 1.165) is 6.08 Å². The third-order valence-corrected chi connectivity index (χ3v) is 3.51. The van der Waals surface area contributed by atoms with Crippen LogP contribution in [0.3, 0.4) is 0 Å².